The zero-order valence-electron chi connectivity index (χ0n) is 14.1. The van der Waals surface area contributed by atoms with Gasteiger partial charge in [-0.1, -0.05) is 30.3 Å². The van der Waals surface area contributed by atoms with E-state index in [1.165, 1.54) is 5.56 Å². The molecule has 0 spiro atoms. The number of amides is 2. The van der Waals surface area contributed by atoms with Crippen molar-refractivity contribution in [2.75, 3.05) is 26.2 Å². The summed E-state index contributed by atoms with van der Waals surface area (Å²) in [5.41, 5.74) is 1.28. The zero-order valence-corrected chi connectivity index (χ0v) is 14.1. The third-order valence-electron chi connectivity index (χ3n) is 4.46. The van der Waals surface area contributed by atoms with Gasteiger partial charge in [-0.15, -0.1) is 0 Å². The highest BCUT2D eigenvalue weighted by molar-refractivity contribution is 5.74. The van der Waals surface area contributed by atoms with Crippen molar-refractivity contribution >= 4 is 6.03 Å². The molecular weight excluding hydrogens is 274 g/mol. The Morgan fingerprint density at radius 3 is 2.68 bits per heavy atom. The molecule has 1 aliphatic rings. The molecule has 1 fully saturated rings. The molecule has 0 radical (unpaired) electrons. The molecule has 4 nitrogen and oxygen atoms in total. The van der Waals surface area contributed by atoms with Crippen LogP contribution in [0.5, 0.6) is 0 Å². The van der Waals surface area contributed by atoms with Crippen LogP contribution >= 0.6 is 0 Å². The van der Waals surface area contributed by atoms with Crippen LogP contribution in [0.15, 0.2) is 30.3 Å². The highest BCUT2D eigenvalue weighted by atomic mass is 16.2. The van der Waals surface area contributed by atoms with Crippen molar-refractivity contribution < 1.29 is 4.79 Å². The number of carbonyl (C=O) groups is 1. The van der Waals surface area contributed by atoms with E-state index in [0.29, 0.717) is 12.1 Å². The largest absolute Gasteiger partial charge is 0.334 e. The first-order valence-corrected chi connectivity index (χ1v) is 8.43. The quantitative estimate of drug-likeness (QED) is 0.877. The SMILES string of the molecule is CCN(CCc1ccccc1)C(=O)NC1CCN(C(C)C)C1. The maximum absolute atomic E-state index is 12.4. The maximum Gasteiger partial charge on any atom is 0.317 e. The minimum atomic E-state index is 0.0778. The Bertz CT molecular complexity index is 461. The molecule has 0 aliphatic carbocycles. The Morgan fingerprint density at radius 2 is 2.09 bits per heavy atom. The van der Waals surface area contributed by atoms with Crippen LogP contribution < -0.4 is 5.32 Å². The fourth-order valence-corrected chi connectivity index (χ4v) is 2.95. The van der Waals surface area contributed by atoms with Crippen molar-refractivity contribution in [2.24, 2.45) is 0 Å². The first-order valence-electron chi connectivity index (χ1n) is 8.43. The third-order valence-corrected chi connectivity index (χ3v) is 4.46. The second-order valence-electron chi connectivity index (χ2n) is 6.34. The lowest BCUT2D eigenvalue weighted by Crippen LogP contribution is -2.46. The number of hydrogen-bond donors (Lipinski definition) is 1. The average molecular weight is 303 g/mol. The zero-order chi connectivity index (χ0) is 15.9. The molecule has 1 atom stereocenters. The molecular formula is C18H29N3O. The van der Waals surface area contributed by atoms with E-state index in [2.05, 4.69) is 36.2 Å². The van der Waals surface area contributed by atoms with Crippen LogP contribution in [0.4, 0.5) is 4.79 Å². The molecule has 0 bridgehead atoms. The fourth-order valence-electron chi connectivity index (χ4n) is 2.95. The lowest BCUT2D eigenvalue weighted by molar-refractivity contribution is 0.195. The molecule has 1 heterocycles. The molecule has 1 saturated heterocycles. The van der Waals surface area contributed by atoms with Crippen molar-refractivity contribution in [1.82, 2.24) is 15.1 Å². The second-order valence-corrected chi connectivity index (χ2v) is 6.34. The molecule has 1 unspecified atom stereocenters. The summed E-state index contributed by atoms with van der Waals surface area (Å²) in [6, 6.07) is 11.3. The first-order chi connectivity index (χ1) is 10.6. The molecule has 1 aliphatic heterocycles. The van der Waals surface area contributed by atoms with Crippen LogP contribution in [-0.4, -0.2) is 54.1 Å². The number of benzene rings is 1. The number of rotatable bonds is 6. The third kappa shape index (κ3) is 4.73. The number of urea groups is 1. The van der Waals surface area contributed by atoms with Gasteiger partial charge in [-0.25, -0.2) is 4.79 Å². The van der Waals surface area contributed by atoms with Gasteiger partial charge in [-0.05, 0) is 39.2 Å². The normalized spacial score (nSPS) is 18.6. The van der Waals surface area contributed by atoms with Crippen LogP contribution in [0.2, 0.25) is 0 Å². The Balaban J connectivity index is 1.79. The molecule has 22 heavy (non-hydrogen) atoms. The number of likely N-dealkylation sites (tertiary alicyclic amines) is 1. The molecule has 4 heteroatoms. The lowest BCUT2D eigenvalue weighted by atomic mass is 10.1. The molecule has 0 aromatic heterocycles. The van der Waals surface area contributed by atoms with E-state index in [9.17, 15) is 4.79 Å². The smallest absolute Gasteiger partial charge is 0.317 e. The van der Waals surface area contributed by atoms with Gasteiger partial charge in [0.15, 0.2) is 0 Å². The molecule has 122 valence electrons. The summed E-state index contributed by atoms with van der Waals surface area (Å²) in [4.78, 5) is 16.8. The van der Waals surface area contributed by atoms with Gasteiger partial charge in [0.05, 0.1) is 0 Å². The summed E-state index contributed by atoms with van der Waals surface area (Å²) in [6.45, 7) is 10.0. The molecule has 2 amide bonds. The minimum Gasteiger partial charge on any atom is -0.334 e. The summed E-state index contributed by atoms with van der Waals surface area (Å²) >= 11 is 0. The molecule has 1 N–H and O–H groups in total. The Labute approximate surface area is 134 Å². The summed E-state index contributed by atoms with van der Waals surface area (Å²) in [5.74, 6) is 0. The number of carbonyl (C=O) groups excluding carboxylic acids is 1. The topological polar surface area (TPSA) is 35.6 Å². The standard InChI is InChI=1S/C18H29N3O/c1-4-20(12-10-16-8-6-5-7-9-16)18(22)19-17-11-13-21(14-17)15(2)3/h5-9,15,17H,4,10-14H2,1-3H3,(H,19,22). The van der Waals surface area contributed by atoms with Crippen LogP contribution in [0.3, 0.4) is 0 Å². The first kappa shape index (κ1) is 16.8. The Morgan fingerprint density at radius 1 is 1.36 bits per heavy atom. The van der Waals surface area contributed by atoms with E-state index in [1.807, 2.05) is 30.0 Å². The van der Waals surface area contributed by atoms with Crippen molar-refractivity contribution in [3.05, 3.63) is 35.9 Å². The van der Waals surface area contributed by atoms with Gasteiger partial charge in [-0.2, -0.15) is 0 Å². The predicted molar refractivity (Wildman–Crippen MR) is 91.0 cm³/mol. The van der Waals surface area contributed by atoms with Crippen LogP contribution in [0, 0.1) is 0 Å². The molecule has 2 rings (SSSR count). The van der Waals surface area contributed by atoms with Gasteiger partial charge in [0.25, 0.3) is 0 Å². The van der Waals surface area contributed by atoms with E-state index >= 15 is 0 Å². The van der Waals surface area contributed by atoms with E-state index < -0.39 is 0 Å². The van der Waals surface area contributed by atoms with Gasteiger partial charge in [0.1, 0.15) is 0 Å². The van der Waals surface area contributed by atoms with Crippen LogP contribution in [0.25, 0.3) is 0 Å². The molecule has 1 aromatic carbocycles. The van der Waals surface area contributed by atoms with E-state index in [-0.39, 0.29) is 6.03 Å². The lowest BCUT2D eigenvalue weighted by Gasteiger charge is -2.25. The van der Waals surface area contributed by atoms with Crippen LogP contribution in [0.1, 0.15) is 32.8 Å². The average Bonchev–Trinajstić information content (AvgIpc) is 2.97. The summed E-state index contributed by atoms with van der Waals surface area (Å²) in [5, 5.41) is 3.20. The Hall–Kier alpha value is -1.55. The summed E-state index contributed by atoms with van der Waals surface area (Å²) in [7, 11) is 0. The highest BCUT2D eigenvalue weighted by Crippen LogP contribution is 2.12. The van der Waals surface area contributed by atoms with Gasteiger partial charge in [0, 0.05) is 38.3 Å². The van der Waals surface area contributed by atoms with Gasteiger partial charge < -0.3 is 10.2 Å². The van der Waals surface area contributed by atoms with E-state index in [4.69, 9.17) is 0 Å². The number of nitrogens with one attached hydrogen (secondary N) is 1. The van der Waals surface area contributed by atoms with E-state index in [0.717, 1.165) is 39.0 Å². The van der Waals surface area contributed by atoms with Crippen molar-refractivity contribution in [3.8, 4) is 0 Å². The number of likely N-dealkylation sites (N-methyl/N-ethyl adjacent to an activating group) is 1. The highest BCUT2D eigenvalue weighted by Gasteiger charge is 2.26. The van der Waals surface area contributed by atoms with Gasteiger partial charge in [0.2, 0.25) is 0 Å². The van der Waals surface area contributed by atoms with Crippen molar-refractivity contribution in [1.29, 1.82) is 0 Å². The fraction of sp³-hybridized carbons (Fsp3) is 0.611. The van der Waals surface area contributed by atoms with Gasteiger partial charge in [-0.3, -0.25) is 4.90 Å². The van der Waals surface area contributed by atoms with Crippen molar-refractivity contribution in [3.63, 3.8) is 0 Å². The second kappa shape index (κ2) is 8.18. The predicted octanol–water partition coefficient (Wildman–Crippen LogP) is 2.74. The van der Waals surface area contributed by atoms with Crippen LogP contribution in [-0.2, 0) is 6.42 Å². The van der Waals surface area contributed by atoms with Gasteiger partial charge >= 0.3 is 6.03 Å². The number of nitrogens with zero attached hydrogens (tertiary/aromatic N) is 2. The van der Waals surface area contributed by atoms with Crippen molar-refractivity contribution in [2.45, 2.75) is 45.7 Å². The molecule has 0 saturated carbocycles. The monoisotopic (exact) mass is 303 g/mol. The summed E-state index contributed by atoms with van der Waals surface area (Å²) < 4.78 is 0. The Kier molecular flexibility index (Phi) is 6.25. The van der Waals surface area contributed by atoms with E-state index in [1.54, 1.807) is 0 Å². The summed E-state index contributed by atoms with van der Waals surface area (Å²) in [6.07, 6.45) is 1.96. The number of hydrogen-bond acceptors (Lipinski definition) is 2. The maximum atomic E-state index is 12.4. The molecule has 1 aromatic rings. The minimum absolute atomic E-state index is 0.0778.